The summed E-state index contributed by atoms with van der Waals surface area (Å²) in [7, 11) is -3.09. The minimum absolute atomic E-state index is 0.00918. The van der Waals surface area contributed by atoms with E-state index in [-0.39, 0.29) is 30.1 Å². The first-order chi connectivity index (χ1) is 12.4. The minimum Gasteiger partial charge on any atom is -0.482 e. The fourth-order valence-corrected chi connectivity index (χ4v) is 5.77. The molecule has 0 unspecified atom stereocenters. The Balaban J connectivity index is 1.75. The molecule has 1 aliphatic rings. The second-order valence-corrected chi connectivity index (χ2v) is 9.96. The van der Waals surface area contributed by atoms with Crippen molar-refractivity contribution in [1.29, 1.82) is 0 Å². The molecule has 1 fully saturated rings. The zero-order chi connectivity index (χ0) is 18.7. The van der Waals surface area contributed by atoms with E-state index in [0.29, 0.717) is 23.7 Å². The predicted octanol–water partition coefficient (Wildman–Crippen LogP) is 3.30. The number of carbonyl (C=O) groups excluding carboxylic acids is 1. The van der Waals surface area contributed by atoms with Crippen LogP contribution >= 0.6 is 22.9 Å². The molecule has 8 heteroatoms. The molecule has 5 nitrogen and oxygen atoms in total. The van der Waals surface area contributed by atoms with Gasteiger partial charge in [0.1, 0.15) is 5.75 Å². The molecule has 1 atom stereocenters. The van der Waals surface area contributed by atoms with Gasteiger partial charge in [0.15, 0.2) is 16.4 Å². The predicted molar refractivity (Wildman–Crippen MR) is 104 cm³/mol. The second-order valence-electron chi connectivity index (χ2n) is 6.32. The quantitative estimate of drug-likeness (QED) is 0.728. The molecular formula is C18H20ClNO4S2. The van der Waals surface area contributed by atoms with Crippen molar-refractivity contribution < 1.29 is 17.9 Å². The van der Waals surface area contributed by atoms with Crippen molar-refractivity contribution in [2.45, 2.75) is 25.9 Å². The zero-order valence-corrected chi connectivity index (χ0v) is 16.7. The molecule has 0 N–H and O–H groups in total. The third-order valence-electron chi connectivity index (χ3n) is 4.44. The van der Waals surface area contributed by atoms with Gasteiger partial charge in [-0.1, -0.05) is 23.7 Å². The molecule has 2 heterocycles. The molecular weight excluding hydrogens is 394 g/mol. The Labute approximate surface area is 162 Å². The van der Waals surface area contributed by atoms with E-state index >= 15 is 0 Å². The molecule has 3 rings (SSSR count). The lowest BCUT2D eigenvalue weighted by Gasteiger charge is -2.28. The lowest BCUT2D eigenvalue weighted by atomic mass is 10.2. The SMILES string of the molecule is Cc1ccsc1CN(C(=O)COc1ccccc1Cl)[C@@H]1CCS(=O)(=O)C1. The first kappa shape index (κ1) is 19.2. The van der Waals surface area contributed by atoms with Gasteiger partial charge in [0.25, 0.3) is 5.91 Å². The summed E-state index contributed by atoms with van der Waals surface area (Å²) in [6.45, 7) is 2.21. The highest BCUT2D eigenvalue weighted by atomic mass is 35.5. The number of amides is 1. The first-order valence-corrected chi connectivity index (χ1v) is 11.3. The van der Waals surface area contributed by atoms with Crippen molar-refractivity contribution in [3.63, 3.8) is 0 Å². The van der Waals surface area contributed by atoms with Crippen LogP contribution in [-0.2, 0) is 21.2 Å². The largest absolute Gasteiger partial charge is 0.482 e. The van der Waals surface area contributed by atoms with Crippen LogP contribution in [0.3, 0.4) is 0 Å². The smallest absolute Gasteiger partial charge is 0.261 e. The molecule has 0 aliphatic carbocycles. The maximum atomic E-state index is 12.8. The van der Waals surface area contributed by atoms with Gasteiger partial charge < -0.3 is 9.64 Å². The first-order valence-electron chi connectivity index (χ1n) is 8.26. The van der Waals surface area contributed by atoms with Crippen molar-refractivity contribution in [1.82, 2.24) is 4.90 Å². The number of aryl methyl sites for hydroxylation is 1. The van der Waals surface area contributed by atoms with Gasteiger partial charge in [0.2, 0.25) is 0 Å². The number of nitrogens with zero attached hydrogens (tertiary/aromatic N) is 1. The van der Waals surface area contributed by atoms with Crippen LogP contribution < -0.4 is 4.74 Å². The van der Waals surface area contributed by atoms with E-state index in [2.05, 4.69) is 0 Å². The van der Waals surface area contributed by atoms with Crippen molar-refractivity contribution >= 4 is 38.7 Å². The number of hydrogen-bond donors (Lipinski definition) is 0. The lowest BCUT2D eigenvalue weighted by molar-refractivity contribution is -0.135. The highest BCUT2D eigenvalue weighted by Gasteiger charge is 2.35. The van der Waals surface area contributed by atoms with E-state index < -0.39 is 9.84 Å². The van der Waals surface area contributed by atoms with Crippen LogP contribution in [0.25, 0.3) is 0 Å². The third-order valence-corrected chi connectivity index (χ3v) is 7.51. The number of rotatable bonds is 6. The Morgan fingerprint density at radius 2 is 2.12 bits per heavy atom. The van der Waals surface area contributed by atoms with Crippen LogP contribution in [0, 0.1) is 6.92 Å². The number of carbonyl (C=O) groups is 1. The normalized spacial score (nSPS) is 18.6. The van der Waals surface area contributed by atoms with Gasteiger partial charge in [-0.25, -0.2) is 8.42 Å². The molecule has 140 valence electrons. The summed E-state index contributed by atoms with van der Waals surface area (Å²) in [6.07, 6.45) is 0.463. The van der Waals surface area contributed by atoms with E-state index in [1.165, 1.54) is 0 Å². The fraction of sp³-hybridized carbons (Fsp3) is 0.389. The molecule has 26 heavy (non-hydrogen) atoms. The lowest BCUT2D eigenvalue weighted by Crippen LogP contribution is -2.43. The Morgan fingerprint density at radius 3 is 2.73 bits per heavy atom. The van der Waals surface area contributed by atoms with E-state index in [0.717, 1.165) is 10.4 Å². The van der Waals surface area contributed by atoms with E-state index in [4.69, 9.17) is 16.3 Å². The highest BCUT2D eigenvalue weighted by Crippen LogP contribution is 2.26. The number of thiophene rings is 1. The highest BCUT2D eigenvalue weighted by molar-refractivity contribution is 7.91. The van der Waals surface area contributed by atoms with Crippen molar-refractivity contribution in [2.75, 3.05) is 18.1 Å². The van der Waals surface area contributed by atoms with Crippen LogP contribution in [0.2, 0.25) is 5.02 Å². The molecule has 1 amide bonds. The van der Waals surface area contributed by atoms with Crippen LogP contribution in [-0.4, -0.2) is 43.4 Å². The molecule has 1 aliphatic heterocycles. The van der Waals surface area contributed by atoms with Gasteiger partial charge in [-0.3, -0.25) is 4.79 Å². The van der Waals surface area contributed by atoms with E-state index in [1.54, 1.807) is 40.5 Å². The molecule has 0 radical (unpaired) electrons. The van der Waals surface area contributed by atoms with Crippen LogP contribution in [0.4, 0.5) is 0 Å². The summed E-state index contributed by atoms with van der Waals surface area (Å²) in [6, 6.07) is 8.63. The molecule has 0 saturated carbocycles. The zero-order valence-electron chi connectivity index (χ0n) is 14.4. The molecule has 1 aromatic heterocycles. The van der Waals surface area contributed by atoms with Crippen molar-refractivity contribution in [3.05, 3.63) is 51.2 Å². The van der Waals surface area contributed by atoms with Crippen LogP contribution in [0.5, 0.6) is 5.75 Å². The maximum absolute atomic E-state index is 12.8. The molecule has 2 aromatic rings. The number of para-hydroxylation sites is 1. The minimum atomic E-state index is -3.09. The standard InChI is InChI=1S/C18H20ClNO4S2/c1-13-6-8-25-17(13)10-20(14-7-9-26(22,23)12-14)18(21)11-24-16-5-3-2-4-15(16)19/h2-6,8,14H,7,9-12H2,1H3/t14-/m1/s1. The summed E-state index contributed by atoms with van der Waals surface area (Å²) in [5.74, 6) is 0.333. The molecule has 1 aromatic carbocycles. The number of sulfone groups is 1. The third kappa shape index (κ3) is 4.58. The van der Waals surface area contributed by atoms with E-state index in [9.17, 15) is 13.2 Å². The van der Waals surface area contributed by atoms with Gasteiger partial charge >= 0.3 is 0 Å². The second kappa shape index (κ2) is 7.98. The van der Waals surface area contributed by atoms with Crippen molar-refractivity contribution in [2.24, 2.45) is 0 Å². The summed E-state index contributed by atoms with van der Waals surface area (Å²) in [5, 5.41) is 2.41. The summed E-state index contributed by atoms with van der Waals surface area (Å²) in [4.78, 5) is 15.5. The van der Waals surface area contributed by atoms with Crippen molar-refractivity contribution in [3.8, 4) is 5.75 Å². The summed E-state index contributed by atoms with van der Waals surface area (Å²) >= 11 is 7.63. The maximum Gasteiger partial charge on any atom is 0.261 e. The fourth-order valence-electron chi connectivity index (χ4n) is 2.95. The molecule has 1 saturated heterocycles. The Bertz CT molecular complexity index is 894. The van der Waals surface area contributed by atoms with Gasteiger partial charge in [0, 0.05) is 10.9 Å². The van der Waals surface area contributed by atoms with Gasteiger partial charge in [0.05, 0.1) is 23.1 Å². The number of hydrogen-bond acceptors (Lipinski definition) is 5. The van der Waals surface area contributed by atoms with Gasteiger partial charge in [-0.2, -0.15) is 0 Å². The average Bonchev–Trinajstić information content (AvgIpc) is 3.16. The molecule has 0 spiro atoms. The van der Waals surface area contributed by atoms with Gasteiger partial charge in [-0.05, 0) is 42.5 Å². The average molecular weight is 414 g/mol. The Morgan fingerprint density at radius 1 is 1.35 bits per heavy atom. The summed E-state index contributed by atoms with van der Waals surface area (Å²) in [5.41, 5.74) is 1.10. The van der Waals surface area contributed by atoms with Crippen LogP contribution in [0.1, 0.15) is 16.9 Å². The topological polar surface area (TPSA) is 63.7 Å². The van der Waals surface area contributed by atoms with Gasteiger partial charge in [-0.15, -0.1) is 11.3 Å². The number of ether oxygens (including phenoxy) is 1. The Hall–Kier alpha value is -1.57. The van der Waals surface area contributed by atoms with Crippen LogP contribution in [0.15, 0.2) is 35.7 Å². The number of halogens is 1. The monoisotopic (exact) mass is 413 g/mol. The summed E-state index contributed by atoms with van der Waals surface area (Å²) < 4.78 is 29.3. The number of benzene rings is 1. The Kier molecular flexibility index (Phi) is 5.89. The molecule has 0 bridgehead atoms. The van der Waals surface area contributed by atoms with E-state index in [1.807, 2.05) is 18.4 Å².